The minimum Gasteiger partial charge on any atom is -0.508 e. The summed E-state index contributed by atoms with van der Waals surface area (Å²) in [5.41, 5.74) is 0.863. The molecule has 1 atom stereocenters. The molecule has 0 aliphatic rings. The first-order chi connectivity index (χ1) is 10.5. The molecule has 0 spiro atoms. The number of rotatable bonds is 10. The molecule has 0 saturated heterocycles. The van der Waals surface area contributed by atoms with Crippen molar-refractivity contribution >= 4 is 5.97 Å². The molecular formula is C18H28O4. The highest BCUT2D eigenvalue weighted by atomic mass is 16.6. The lowest BCUT2D eigenvalue weighted by Gasteiger charge is -2.17. The summed E-state index contributed by atoms with van der Waals surface area (Å²) in [5, 5.41) is 9.52. The quantitative estimate of drug-likeness (QED) is 0.529. The zero-order chi connectivity index (χ0) is 16.4. The highest BCUT2D eigenvalue weighted by molar-refractivity contribution is 5.75. The van der Waals surface area contributed by atoms with Crippen LogP contribution in [0.4, 0.5) is 0 Å². The van der Waals surface area contributed by atoms with Gasteiger partial charge in [-0.3, -0.25) is 0 Å². The van der Waals surface area contributed by atoms with Gasteiger partial charge in [0.15, 0.2) is 6.10 Å². The van der Waals surface area contributed by atoms with Crippen molar-refractivity contribution in [3.8, 4) is 5.75 Å². The number of phenolic OH excluding ortho intramolecular Hbond substituents is 1. The summed E-state index contributed by atoms with van der Waals surface area (Å²) in [5.74, 6) is 0.493. The van der Waals surface area contributed by atoms with Crippen molar-refractivity contribution in [2.45, 2.75) is 52.6 Å². The largest absolute Gasteiger partial charge is 0.508 e. The maximum Gasteiger partial charge on any atom is 0.335 e. The Balaban J connectivity index is 2.58. The maximum absolute atomic E-state index is 12.1. The van der Waals surface area contributed by atoms with E-state index in [4.69, 9.17) is 9.47 Å². The Morgan fingerprint density at radius 2 is 2.05 bits per heavy atom. The van der Waals surface area contributed by atoms with Crippen LogP contribution in [-0.4, -0.2) is 30.4 Å². The van der Waals surface area contributed by atoms with E-state index in [1.165, 1.54) is 0 Å². The van der Waals surface area contributed by atoms with Crippen LogP contribution < -0.4 is 0 Å². The fraction of sp³-hybridized carbons (Fsp3) is 0.611. The SMILES string of the molecule is CCCOC(=O)C(Cc1cccc(O)c1)OCCCC(C)C. The number of carbonyl (C=O) groups excluding carboxylic acids is 1. The molecule has 1 N–H and O–H groups in total. The van der Waals surface area contributed by atoms with E-state index in [0.717, 1.165) is 24.8 Å². The number of aromatic hydroxyl groups is 1. The Kier molecular flexibility index (Phi) is 8.60. The first-order valence-electron chi connectivity index (χ1n) is 8.09. The predicted molar refractivity (Wildman–Crippen MR) is 86.9 cm³/mol. The molecule has 0 aliphatic heterocycles. The fourth-order valence-electron chi connectivity index (χ4n) is 2.12. The molecule has 1 rings (SSSR count). The van der Waals surface area contributed by atoms with Gasteiger partial charge in [0.1, 0.15) is 5.75 Å². The Bertz CT molecular complexity index is 442. The van der Waals surface area contributed by atoms with Crippen molar-refractivity contribution < 1.29 is 19.4 Å². The summed E-state index contributed by atoms with van der Waals surface area (Å²) in [6, 6.07) is 6.89. The zero-order valence-corrected chi connectivity index (χ0v) is 13.9. The van der Waals surface area contributed by atoms with Gasteiger partial charge in [0.25, 0.3) is 0 Å². The van der Waals surface area contributed by atoms with Crippen molar-refractivity contribution in [1.29, 1.82) is 0 Å². The number of esters is 1. The average Bonchev–Trinajstić information content (AvgIpc) is 2.47. The van der Waals surface area contributed by atoms with Gasteiger partial charge in [-0.05, 0) is 42.9 Å². The summed E-state index contributed by atoms with van der Waals surface area (Å²) < 4.78 is 10.9. The molecule has 0 amide bonds. The molecule has 0 heterocycles. The number of benzene rings is 1. The average molecular weight is 308 g/mol. The number of hydrogen-bond acceptors (Lipinski definition) is 4. The van der Waals surface area contributed by atoms with E-state index < -0.39 is 6.10 Å². The summed E-state index contributed by atoms with van der Waals surface area (Å²) in [6.07, 6.45) is 2.59. The summed E-state index contributed by atoms with van der Waals surface area (Å²) in [4.78, 5) is 12.1. The predicted octanol–water partition coefficient (Wildman–Crippen LogP) is 3.71. The molecule has 0 radical (unpaired) electrons. The van der Waals surface area contributed by atoms with E-state index in [2.05, 4.69) is 13.8 Å². The molecule has 0 fully saturated rings. The lowest BCUT2D eigenvalue weighted by molar-refractivity contribution is -0.157. The molecule has 124 valence electrons. The van der Waals surface area contributed by atoms with Gasteiger partial charge in [0.2, 0.25) is 0 Å². The van der Waals surface area contributed by atoms with Gasteiger partial charge in [0.05, 0.1) is 6.61 Å². The van der Waals surface area contributed by atoms with Crippen LogP contribution in [0.25, 0.3) is 0 Å². The summed E-state index contributed by atoms with van der Waals surface area (Å²) in [7, 11) is 0. The third-order valence-corrected chi connectivity index (χ3v) is 3.29. The lowest BCUT2D eigenvalue weighted by atomic mass is 10.1. The van der Waals surface area contributed by atoms with Crippen molar-refractivity contribution in [2.24, 2.45) is 5.92 Å². The van der Waals surface area contributed by atoms with Gasteiger partial charge in [-0.1, -0.05) is 32.9 Å². The van der Waals surface area contributed by atoms with Crippen LogP contribution in [0.15, 0.2) is 24.3 Å². The van der Waals surface area contributed by atoms with Crippen LogP contribution in [0.2, 0.25) is 0 Å². The molecule has 1 unspecified atom stereocenters. The van der Waals surface area contributed by atoms with Crippen LogP contribution >= 0.6 is 0 Å². The van der Waals surface area contributed by atoms with Crippen molar-refractivity contribution in [3.63, 3.8) is 0 Å². The first-order valence-corrected chi connectivity index (χ1v) is 8.09. The lowest BCUT2D eigenvalue weighted by Crippen LogP contribution is -2.29. The second kappa shape index (κ2) is 10.2. The summed E-state index contributed by atoms with van der Waals surface area (Å²) >= 11 is 0. The Morgan fingerprint density at radius 3 is 2.68 bits per heavy atom. The van der Waals surface area contributed by atoms with Crippen molar-refractivity contribution in [1.82, 2.24) is 0 Å². The highest BCUT2D eigenvalue weighted by Gasteiger charge is 2.21. The van der Waals surface area contributed by atoms with Crippen LogP contribution in [-0.2, 0) is 20.7 Å². The van der Waals surface area contributed by atoms with Crippen LogP contribution in [0.3, 0.4) is 0 Å². The third kappa shape index (κ3) is 7.46. The number of phenols is 1. The normalized spacial score (nSPS) is 12.4. The minimum atomic E-state index is -0.611. The zero-order valence-electron chi connectivity index (χ0n) is 13.9. The topological polar surface area (TPSA) is 55.8 Å². The Labute approximate surface area is 133 Å². The second-order valence-electron chi connectivity index (χ2n) is 5.94. The van der Waals surface area contributed by atoms with E-state index in [1.54, 1.807) is 18.2 Å². The van der Waals surface area contributed by atoms with Gasteiger partial charge < -0.3 is 14.6 Å². The van der Waals surface area contributed by atoms with E-state index in [1.807, 2.05) is 13.0 Å². The monoisotopic (exact) mass is 308 g/mol. The molecule has 1 aromatic carbocycles. The van der Waals surface area contributed by atoms with Gasteiger partial charge in [-0.2, -0.15) is 0 Å². The molecule has 0 aliphatic carbocycles. The van der Waals surface area contributed by atoms with E-state index in [0.29, 0.717) is 25.6 Å². The molecular weight excluding hydrogens is 280 g/mol. The van der Waals surface area contributed by atoms with Crippen LogP contribution in [0, 0.1) is 5.92 Å². The van der Waals surface area contributed by atoms with Gasteiger partial charge in [0, 0.05) is 13.0 Å². The Morgan fingerprint density at radius 1 is 1.27 bits per heavy atom. The molecule has 22 heavy (non-hydrogen) atoms. The van der Waals surface area contributed by atoms with E-state index in [-0.39, 0.29) is 11.7 Å². The van der Waals surface area contributed by atoms with E-state index in [9.17, 15) is 9.90 Å². The van der Waals surface area contributed by atoms with Crippen molar-refractivity contribution in [2.75, 3.05) is 13.2 Å². The van der Waals surface area contributed by atoms with E-state index >= 15 is 0 Å². The minimum absolute atomic E-state index is 0.193. The standard InChI is InChI=1S/C18H28O4/c1-4-10-22-18(20)17(21-11-6-7-14(2)3)13-15-8-5-9-16(19)12-15/h5,8-9,12,14,17,19H,4,6-7,10-11,13H2,1-3H3. The fourth-order valence-corrected chi connectivity index (χ4v) is 2.12. The Hall–Kier alpha value is -1.55. The highest BCUT2D eigenvalue weighted by Crippen LogP contribution is 2.15. The molecule has 0 aromatic heterocycles. The number of carbonyl (C=O) groups is 1. The molecule has 0 saturated carbocycles. The number of ether oxygens (including phenoxy) is 2. The van der Waals surface area contributed by atoms with Crippen molar-refractivity contribution in [3.05, 3.63) is 29.8 Å². The van der Waals surface area contributed by atoms with Crippen LogP contribution in [0.1, 0.15) is 45.6 Å². The molecule has 1 aromatic rings. The molecule has 4 heteroatoms. The smallest absolute Gasteiger partial charge is 0.335 e. The van der Waals surface area contributed by atoms with Gasteiger partial charge in [-0.15, -0.1) is 0 Å². The first kappa shape index (κ1) is 18.5. The second-order valence-corrected chi connectivity index (χ2v) is 5.94. The van der Waals surface area contributed by atoms with Gasteiger partial charge >= 0.3 is 5.97 Å². The van der Waals surface area contributed by atoms with Gasteiger partial charge in [-0.25, -0.2) is 4.79 Å². The van der Waals surface area contributed by atoms with Crippen LogP contribution in [0.5, 0.6) is 5.75 Å². The molecule has 4 nitrogen and oxygen atoms in total. The maximum atomic E-state index is 12.1. The third-order valence-electron chi connectivity index (χ3n) is 3.29. The molecule has 0 bridgehead atoms. The summed E-state index contributed by atoms with van der Waals surface area (Å²) in [6.45, 7) is 7.24. The number of hydrogen-bond donors (Lipinski definition) is 1.